The van der Waals surface area contributed by atoms with Crippen LogP contribution in [0.1, 0.15) is 20.3 Å². The maximum absolute atomic E-state index is 9.46. The zero-order valence-corrected chi connectivity index (χ0v) is 9.25. The van der Waals surface area contributed by atoms with Crippen LogP contribution in [-0.2, 0) is 9.47 Å². The molecule has 0 bridgehead atoms. The lowest BCUT2D eigenvalue weighted by atomic mass is 10.1. The standard InChI is InChI=1S/C10H21NO3/c1-10(2,13-3)4-5-14-9-7-11-6-8(9)12/h8-9,11-12H,4-7H2,1-3H3. The summed E-state index contributed by atoms with van der Waals surface area (Å²) in [6, 6.07) is 0. The third-order valence-electron chi connectivity index (χ3n) is 2.72. The Labute approximate surface area is 85.6 Å². The maximum atomic E-state index is 9.46. The van der Waals surface area contributed by atoms with Crippen molar-refractivity contribution in [2.75, 3.05) is 26.8 Å². The molecule has 0 aromatic heterocycles. The summed E-state index contributed by atoms with van der Waals surface area (Å²) in [4.78, 5) is 0. The highest BCUT2D eigenvalue weighted by Crippen LogP contribution is 2.14. The van der Waals surface area contributed by atoms with E-state index in [1.165, 1.54) is 0 Å². The van der Waals surface area contributed by atoms with E-state index in [1.54, 1.807) is 7.11 Å². The van der Waals surface area contributed by atoms with Crippen LogP contribution in [0.2, 0.25) is 0 Å². The van der Waals surface area contributed by atoms with E-state index in [-0.39, 0.29) is 17.8 Å². The minimum Gasteiger partial charge on any atom is -0.389 e. The minimum atomic E-state index is -0.361. The minimum absolute atomic E-state index is 0.0531. The second-order valence-electron chi connectivity index (χ2n) is 4.35. The number of β-amino-alcohol motifs (C(OH)–C–C–N with tert-alkyl or cyclic N) is 1. The van der Waals surface area contributed by atoms with Crippen molar-refractivity contribution in [2.24, 2.45) is 0 Å². The van der Waals surface area contributed by atoms with Crippen LogP contribution < -0.4 is 5.32 Å². The van der Waals surface area contributed by atoms with Gasteiger partial charge in [0, 0.05) is 26.8 Å². The van der Waals surface area contributed by atoms with Gasteiger partial charge in [0.25, 0.3) is 0 Å². The molecule has 0 aromatic carbocycles. The topological polar surface area (TPSA) is 50.7 Å². The van der Waals surface area contributed by atoms with Crippen LogP contribution >= 0.6 is 0 Å². The summed E-state index contributed by atoms with van der Waals surface area (Å²) in [6.07, 6.45) is 0.426. The fourth-order valence-corrected chi connectivity index (χ4v) is 1.37. The highest BCUT2D eigenvalue weighted by molar-refractivity contribution is 4.81. The van der Waals surface area contributed by atoms with E-state index in [0.717, 1.165) is 13.0 Å². The SMILES string of the molecule is COC(C)(C)CCOC1CNCC1O. The van der Waals surface area contributed by atoms with Crippen LogP contribution in [-0.4, -0.2) is 49.7 Å². The molecular formula is C10H21NO3. The largest absolute Gasteiger partial charge is 0.389 e. The number of ether oxygens (including phenoxy) is 2. The average Bonchev–Trinajstić information content (AvgIpc) is 2.52. The highest BCUT2D eigenvalue weighted by Gasteiger charge is 2.26. The van der Waals surface area contributed by atoms with Crippen molar-refractivity contribution in [3.8, 4) is 0 Å². The van der Waals surface area contributed by atoms with Crippen molar-refractivity contribution in [1.82, 2.24) is 5.32 Å². The summed E-state index contributed by atoms with van der Waals surface area (Å²) in [7, 11) is 1.70. The summed E-state index contributed by atoms with van der Waals surface area (Å²) in [5.74, 6) is 0. The number of rotatable bonds is 5. The van der Waals surface area contributed by atoms with Crippen LogP contribution in [0.15, 0.2) is 0 Å². The number of nitrogens with one attached hydrogen (secondary N) is 1. The summed E-state index contributed by atoms with van der Waals surface area (Å²) in [5.41, 5.74) is -0.142. The molecule has 14 heavy (non-hydrogen) atoms. The number of aliphatic hydroxyl groups is 1. The predicted octanol–water partition coefficient (Wildman–Crippen LogP) is 0.151. The lowest BCUT2D eigenvalue weighted by Gasteiger charge is -2.24. The Morgan fingerprint density at radius 3 is 2.64 bits per heavy atom. The molecule has 4 nitrogen and oxygen atoms in total. The van der Waals surface area contributed by atoms with Crippen LogP contribution in [0.25, 0.3) is 0 Å². The first-order valence-corrected chi connectivity index (χ1v) is 5.11. The molecule has 4 heteroatoms. The van der Waals surface area contributed by atoms with Gasteiger partial charge in [-0.05, 0) is 20.3 Å². The Morgan fingerprint density at radius 1 is 1.43 bits per heavy atom. The molecular weight excluding hydrogens is 182 g/mol. The normalized spacial score (nSPS) is 28.3. The molecule has 2 N–H and O–H groups in total. The highest BCUT2D eigenvalue weighted by atomic mass is 16.5. The van der Waals surface area contributed by atoms with Gasteiger partial charge in [-0.1, -0.05) is 0 Å². The smallest absolute Gasteiger partial charge is 0.0970 e. The first-order chi connectivity index (χ1) is 6.55. The third-order valence-corrected chi connectivity index (χ3v) is 2.72. The van der Waals surface area contributed by atoms with E-state index in [4.69, 9.17) is 9.47 Å². The molecule has 2 unspecified atom stereocenters. The fraction of sp³-hybridized carbons (Fsp3) is 1.00. The van der Waals surface area contributed by atoms with E-state index in [9.17, 15) is 5.11 Å². The van der Waals surface area contributed by atoms with Gasteiger partial charge in [0.2, 0.25) is 0 Å². The van der Waals surface area contributed by atoms with E-state index in [1.807, 2.05) is 13.8 Å². The van der Waals surface area contributed by atoms with Gasteiger partial charge in [-0.3, -0.25) is 0 Å². The molecule has 0 saturated carbocycles. The van der Waals surface area contributed by atoms with Gasteiger partial charge in [-0.15, -0.1) is 0 Å². The molecule has 0 aromatic rings. The van der Waals surface area contributed by atoms with Crippen LogP contribution in [0.3, 0.4) is 0 Å². The molecule has 2 atom stereocenters. The second-order valence-corrected chi connectivity index (χ2v) is 4.35. The number of hydrogen-bond donors (Lipinski definition) is 2. The van der Waals surface area contributed by atoms with Crippen LogP contribution in [0.4, 0.5) is 0 Å². The number of hydrogen-bond acceptors (Lipinski definition) is 4. The summed E-state index contributed by atoms with van der Waals surface area (Å²) in [6.45, 7) is 6.07. The van der Waals surface area contributed by atoms with Gasteiger partial charge in [-0.25, -0.2) is 0 Å². The lowest BCUT2D eigenvalue weighted by Crippen LogP contribution is -2.30. The lowest BCUT2D eigenvalue weighted by molar-refractivity contribution is -0.0470. The second kappa shape index (κ2) is 5.07. The van der Waals surface area contributed by atoms with Gasteiger partial charge < -0.3 is 19.9 Å². The Hall–Kier alpha value is -0.160. The van der Waals surface area contributed by atoms with Crippen LogP contribution in [0, 0.1) is 0 Å². The Morgan fingerprint density at radius 2 is 2.14 bits per heavy atom. The molecule has 1 aliphatic heterocycles. The quantitative estimate of drug-likeness (QED) is 0.668. The molecule has 1 rings (SSSR count). The van der Waals surface area contributed by atoms with Gasteiger partial charge in [0.1, 0.15) is 0 Å². The Bertz CT molecular complexity index is 173. The van der Waals surface area contributed by atoms with E-state index >= 15 is 0 Å². The van der Waals surface area contributed by atoms with E-state index < -0.39 is 0 Å². The molecule has 1 heterocycles. The van der Waals surface area contributed by atoms with Gasteiger partial charge in [0.15, 0.2) is 0 Å². The number of aliphatic hydroxyl groups excluding tert-OH is 1. The molecule has 1 fully saturated rings. The summed E-state index contributed by atoms with van der Waals surface area (Å²) < 4.78 is 10.8. The molecule has 0 radical (unpaired) electrons. The molecule has 1 saturated heterocycles. The monoisotopic (exact) mass is 203 g/mol. The maximum Gasteiger partial charge on any atom is 0.0970 e. The van der Waals surface area contributed by atoms with E-state index in [2.05, 4.69) is 5.32 Å². The number of methoxy groups -OCH3 is 1. The zero-order chi connectivity index (χ0) is 10.6. The van der Waals surface area contributed by atoms with Crippen molar-refractivity contribution in [3.63, 3.8) is 0 Å². The van der Waals surface area contributed by atoms with Crippen molar-refractivity contribution in [3.05, 3.63) is 0 Å². The van der Waals surface area contributed by atoms with Crippen LogP contribution in [0.5, 0.6) is 0 Å². The molecule has 0 spiro atoms. The Kier molecular flexibility index (Phi) is 4.31. The molecule has 0 aliphatic carbocycles. The van der Waals surface area contributed by atoms with Crippen molar-refractivity contribution >= 4 is 0 Å². The van der Waals surface area contributed by atoms with Crippen molar-refractivity contribution in [1.29, 1.82) is 0 Å². The summed E-state index contributed by atoms with van der Waals surface area (Å²) in [5, 5.41) is 12.5. The van der Waals surface area contributed by atoms with Gasteiger partial charge in [0.05, 0.1) is 17.8 Å². The van der Waals surface area contributed by atoms with Crippen molar-refractivity contribution in [2.45, 2.75) is 38.1 Å². The molecule has 1 aliphatic rings. The summed E-state index contributed by atoms with van der Waals surface area (Å²) >= 11 is 0. The Balaban J connectivity index is 2.15. The van der Waals surface area contributed by atoms with Crippen molar-refractivity contribution < 1.29 is 14.6 Å². The zero-order valence-electron chi connectivity index (χ0n) is 9.25. The first-order valence-electron chi connectivity index (χ1n) is 5.11. The third kappa shape index (κ3) is 3.53. The first kappa shape index (κ1) is 11.9. The average molecular weight is 203 g/mol. The molecule has 84 valence electrons. The van der Waals surface area contributed by atoms with Gasteiger partial charge >= 0.3 is 0 Å². The molecule has 0 amide bonds. The fourth-order valence-electron chi connectivity index (χ4n) is 1.37. The predicted molar refractivity (Wildman–Crippen MR) is 54.3 cm³/mol. The van der Waals surface area contributed by atoms with E-state index in [0.29, 0.717) is 13.2 Å². The van der Waals surface area contributed by atoms with Gasteiger partial charge in [-0.2, -0.15) is 0 Å².